The van der Waals surface area contributed by atoms with Crippen LogP contribution in [0.15, 0.2) is 24.3 Å². The van der Waals surface area contributed by atoms with Crippen LogP contribution in [0.3, 0.4) is 0 Å². The molecule has 6 heteroatoms. The molecule has 1 N–H and O–H groups in total. The van der Waals surface area contributed by atoms with E-state index in [9.17, 15) is 9.59 Å². The number of benzene rings is 1. The fourth-order valence-electron chi connectivity index (χ4n) is 2.23. The molecule has 1 amide bonds. The molecule has 1 fully saturated rings. The van der Waals surface area contributed by atoms with Crippen LogP contribution in [0.4, 0.5) is 0 Å². The first kappa shape index (κ1) is 16.5. The Hall–Kier alpha value is -1.59. The highest BCUT2D eigenvalue weighted by molar-refractivity contribution is 5.87. The highest BCUT2D eigenvalue weighted by atomic mass is 35.5. The predicted molar refractivity (Wildman–Crippen MR) is 78.2 cm³/mol. The van der Waals surface area contributed by atoms with Gasteiger partial charge in [0, 0.05) is 39.6 Å². The minimum atomic E-state index is -0.901. The Bertz CT molecular complexity index is 468. The molecule has 0 unspecified atom stereocenters. The van der Waals surface area contributed by atoms with Gasteiger partial charge in [0.1, 0.15) is 0 Å². The van der Waals surface area contributed by atoms with Crippen LogP contribution in [0.25, 0.3) is 0 Å². The second-order valence-corrected chi connectivity index (χ2v) is 4.78. The monoisotopic (exact) mass is 298 g/mol. The van der Waals surface area contributed by atoms with Gasteiger partial charge in [0.25, 0.3) is 0 Å². The van der Waals surface area contributed by atoms with Crippen molar-refractivity contribution in [3.05, 3.63) is 35.4 Å². The number of carboxylic acids is 1. The summed E-state index contributed by atoms with van der Waals surface area (Å²) >= 11 is 0. The molecule has 0 spiro atoms. The van der Waals surface area contributed by atoms with Crippen molar-refractivity contribution < 1.29 is 14.7 Å². The highest BCUT2D eigenvalue weighted by Crippen LogP contribution is 2.10. The molecule has 1 saturated heterocycles. The van der Waals surface area contributed by atoms with Crippen LogP contribution in [0.2, 0.25) is 0 Å². The van der Waals surface area contributed by atoms with Crippen LogP contribution in [-0.2, 0) is 11.3 Å². The Labute approximate surface area is 124 Å². The first-order valence-electron chi connectivity index (χ1n) is 6.36. The third-order valence-corrected chi connectivity index (χ3v) is 3.42. The number of nitrogens with zero attached hydrogens (tertiary/aromatic N) is 2. The third-order valence-electron chi connectivity index (χ3n) is 3.42. The van der Waals surface area contributed by atoms with Crippen LogP contribution in [0.1, 0.15) is 22.8 Å². The molecule has 0 atom stereocenters. The topological polar surface area (TPSA) is 60.9 Å². The minimum Gasteiger partial charge on any atom is -0.478 e. The number of carbonyl (C=O) groups is 2. The molecular formula is C14H19ClN2O3. The van der Waals surface area contributed by atoms with Crippen molar-refractivity contribution in [2.45, 2.75) is 13.5 Å². The summed E-state index contributed by atoms with van der Waals surface area (Å²) < 4.78 is 0. The number of hydrogen-bond donors (Lipinski definition) is 1. The number of amides is 1. The van der Waals surface area contributed by atoms with Gasteiger partial charge >= 0.3 is 5.97 Å². The van der Waals surface area contributed by atoms with Crippen LogP contribution in [0, 0.1) is 0 Å². The molecule has 20 heavy (non-hydrogen) atoms. The summed E-state index contributed by atoms with van der Waals surface area (Å²) in [7, 11) is 0. The van der Waals surface area contributed by atoms with Gasteiger partial charge in [-0.2, -0.15) is 0 Å². The van der Waals surface area contributed by atoms with Gasteiger partial charge in [-0.15, -0.1) is 12.4 Å². The smallest absolute Gasteiger partial charge is 0.335 e. The van der Waals surface area contributed by atoms with E-state index in [0.717, 1.165) is 38.3 Å². The number of carboxylic acid groups (broad SMARTS) is 1. The average molecular weight is 299 g/mol. The van der Waals surface area contributed by atoms with Crippen molar-refractivity contribution in [3.8, 4) is 0 Å². The molecule has 1 aromatic carbocycles. The second kappa shape index (κ2) is 7.26. The number of rotatable bonds is 3. The largest absolute Gasteiger partial charge is 0.478 e. The number of aromatic carboxylic acids is 1. The van der Waals surface area contributed by atoms with E-state index in [1.807, 2.05) is 17.0 Å². The fourth-order valence-corrected chi connectivity index (χ4v) is 2.23. The second-order valence-electron chi connectivity index (χ2n) is 4.78. The number of carbonyl (C=O) groups excluding carboxylic acids is 1. The molecular weight excluding hydrogens is 280 g/mol. The minimum absolute atomic E-state index is 0. The Morgan fingerprint density at radius 3 is 2.10 bits per heavy atom. The molecule has 0 aromatic heterocycles. The van der Waals surface area contributed by atoms with Crippen molar-refractivity contribution in [2.24, 2.45) is 0 Å². The average Bonchev–Trinajstić information content (AvgIpc) is 2.40. The van der Waals surface area contributed by atoms with Gasteiger partial charge in [-0.3, -0.25) is 9.69 Å². The van der Waals surface area contributed by atoms with E-state index in [0.29, 0.717) is 5.56 Å². The molecule has 0 bridgehead atoms. The van der Waals surface area contributed by atoms with Gasteiger partial charge < -0.3 is 10.0 Å². The zero-order chi connectivity index (χ0) is 13.8. The van der Waals surface area contributed by atoms with Gasteiger partial charge in [0.15, 0.2) is 0 Å². The number of piperazine rings is 1. The van der Waals surface area contributed by atoms with Crippen LogP contribution in [0.5, 0.6) is 0 Å². The van der Waals surface area contributed by atoms with Crippen molar-refractivity contribution in [2.75, 3.05) is 26.2 Å². The molecule has 110 valence electrons. The van der Waals surface area contributed by atoms with E-state index in [4.69, 9.17) is 5.11 Å². The first-order chi connectivity index (χ1) is 9.06. The standard InChI is InChI=1S/C14H18N2O3.ClH/c1-11(17)16-8-6-15(7-9-16)10-12-2-4-13(5-3-12)14(18)19;/h2-5H,6-10H2,1H3,(H,18,19);1H. The summed E-state index contributed by atoms with van der Waals surface area (Å²) in [5, 5.41) is 8.83. The van der Waals surface area contributed by atoms with E-state index in [1.165, 1.54) is 0 Å². The van der Waals surface area contributed by atoms with Crippen LogP contribution < -0.4 is 0 Å². The van der Waals surface area contributed by atoms with Gasteiger partial charge in [-0.05, 0) is 17.7 Å². The van der Waals surface area contributed by atoms with E-state index in [-0.39, 0.29) is 18.3 Å². The Morgan fingerprint density at radius 2 is 1.65 bits per heavy atom. The molecule has 5 nitrogen and oxygen atoms in total. The predicted octanol–water partition coefficient (Wildman–Crippen LogP) is 1.47. The summed E-state index contributed by atoms with van der Waals surface area (Å²) in [6.45, 7) is 5.65. The van der Waals surface area contributed by atoms with Gasteiger partial charge in [-0.25, -0.2) is 4.79 Å². The van der Waals surface area contributed by atoms with E-state index in [2.05, 4.69) is 4.90 Å². The lowest BCUT2D eigenvalue weighted by Gasteiger charge is -2.34. The van der Waals surface area contributed by atoms with Crippen molar-refractivity contribution >= 4 is 24.3 Å². The molecule has 1 aliphatic heterocycles. The SMILES string of the molecule is CC(=O)N1CCN(Cc2ccc(C(=O)O)cc2)CC1.Cl. The first-order valence-corrected chi connectivity index (χ1v) is 6.36. The summed E-state index contributed by atoms with van der Waals surface area (Å²) in [6, 6.07) is 6.95. The molecule has 1 aromatic rings. The zero-order valence-electron chi connectivity index (χ0n) is 11.4. The lowest BCUT2D eigenvalue weighted by atomic mass is 10.1. The van der Waals surface area contributed by atoms with Crippen molar-refractivity contribution in [1.29, 1.82) is 0 Å². The summed E-state index contributed by atoms with van der Waals surface area (Å²) in [6.07, 6.45) is 0. The maximum Gasteiger partial charge on any atom is 0.335 e. The molecule has 0 aliphatic carbocycles. The van der Waals surface area contributed by atoms with E-state index < -0.39 is 5.97 Å². The maximum absolute atomic E-state index is 11.2. The maximum atomic E-state index is 11.2. The van der Waals surface area contributed by atoms with Crippen molar-refractivity contribution in [3.63, 3.8) is 0 Å². The van der Waals surface area contributed by atoms with Crippen molar-refractivity contribution in [1.82, 2.24) is 9.80 Å². The Balaban J connectivity index is 0.00000200. The number of hydrogen-bond acceptors (Lipinski definition) is 3. The quantitative estimate of drug-likeness (QED) is 0.918. The number of halogens is 1. The van der Waals surface area contributed by atoms with E-state index >= 15 is 0 Å². The summed E-state index contributed by atoms with van der Waals surface area (Å²) in [5.74, 6) is -0.771. The van der Waals surface area contributed by atoms with Gasteiger partial charge in [-0.1, -0.05) is 12.1 Å². The molecule has 1 heterocycles. The normalized spacial score (nSPS) is 15.6. The summed E-state index contributed by atoms with van der Waals surface area (Å²) in [5.41, 5.74) is 1.41. The molecule has 0 saturated carbocycles. The highest BCUT2D eigenvalue weighted by Gasteiger charge is 2.18. The lowest BCUT2D eigenvalue weighted by molar-refractivity contribution is -0.130. The summed E-state index contributed by atoms with van der Waals surface area (Å²) in [4.78, 5) is 26.1. The Morgan fingerprint density at radius 1 is 1.10 bits per heavy atom. The Kier molecular flexibility index (Phi) is 5.98. The van der Waals surface area contributed by atoms with Crippen LogP contribution in [-0.4, -0.2) is 53.0 Å². The van der Waals surface area contributed by atoms with Crippen LogP contribution >= 0.6 is 12.4 Å². The molecule has 1 aliphatic rings. The lowest BCUT2D eigenvalue weighted by Crippen LogP contribution is -2.47. The third kappa shape index (κ3) is 4.21. The van der Waals surface area contributed by atoms with Gasteiger partial charge in [0.2, 0.25) is 5.91 Å². The molecule has 0 radical (unpaired) electrons. The van der Waals surface area contributed by atoms with Gasteiger partial charge in [0.05, 0.1) is 5.56 Å². The fraction of sp³-hybridized carbons (Fsp3) is 0.429. The van der Waals surface area contributed by atoms with E-state index in [1.54, 1.807) is 19.1 Å². The molecule has 2 rings (SSSR count). The zero-order valence-corrected chi connectivity index (χ0v) is 12.2.